The van der Waals surface area contributed by atoms with E-state index in [0.29, 0.717) is 6.42 Å². The lowest BCUT2D eigenvalue weighted by Gasteiger charge is -2.17. The molecule has 0 aromatic heterocycles. The first-order chi connectivity index (χ1) is 8.01. The van der Waals surface area contributed by atoms with E-state index >= 15 is 0 Å². The van der Waals surface area contributed by atoms with Gasteiger partial charge in [-0.25, -0.2) is 0 Å². The van der Waals surface area contributed by atoms with Crippen LogP contribution in [0, 0.1) is 17.8 Å². The lowest BCUT2D eigenvalue weighted by Crippen LogP contribution is -2.25. The van der Waals surface area contributed by atoms with Crippen LogP contribution >= 0.6 is 0 Å². The van der Waals surface area contributed by atoms with Crippen molar-refractivity contribution in [2.45, 2.75) is 25.7 Å². The van der Waals surface area contributed by atoms with Crippen LogP contribution in [0.1, 0.15) is 19.8 Å². The summed E-state index contributed by atoms with van der Waals surface area (Å²) >= 11 is 0. The van der Waals surface area contributed by atoms with Gasteiger partial charge in [-0.2, -0.15) is 8.78 Å². The number of allylic oxidation sites excluding steroid dienone is 3. The topological polar surface area (TPSA) is 37.3 Å². The minimum absolute atomic E-state index is 0.0257. The molecule has 3 atom stereocenters. The zero-order chi connectivity index (χ0) is 12.6. The number of alkyl halides is 2. The van der Waals surface area contributed by atoms with Crippen LogP contribution in [0.5, 0.6) is 0 Å². The lowest BCUT2D eigenvalue weighted by atomic mass is 9.93. The molecule has 94 valence electrons. The Morgan fingerprint density at radius 2 is 2.24 bits per heavy atom. The van der Waals surface area contributed by atoms with Gasteiger partial charge in [0.25, 0.3) is 5.92 Å². The van der Waals surface area contributed by atoms with Gasteiger partial charge >= 0.3 is 0 Å². The van der Waals surface area contributed by atoms with Crippen molar-refractivity contribution in [3.05, 3.63) is 23.3 Å². The van der Waals surface area contributed by atoms with Gasteiger partial charge in [0.1, 0.15) is 12.9 Å². The van der Waals surface area contributed by atoms with Gasteiger partial charge in [0, 0.05) is 12.0 Å². The Labute approximate surface area is 99.0 Å². The molecule has 0 heterocycles. The number of carbonyl (C=O) groups is 1. The highest BCUT2D eigenvalue weighted by molar-refractivity contribution is 5.55. The summed E-state index contributed by atoms with van der Waals surface area (Å²) in [7, 11) is 0. The summed E-state index contributed by atoms with van der Waals surface area (Å²) in [5.74, 6) is -2.89. The van der Waals surface area contributed by atoms with Crippen LogP contribution in [0.4, 0.5) is 8.78 Å². The Hall–Kier alpha value is -1.03. The Bertz CT molecular complexity index is 385. The van der Waals surface area contributed by atoms with Crippen LogP contribution in [-0.4, -0.2) is 23.9 Å². The third-order valence-corrected chi connectivity index (χ3v) is 3.88. The van der Waals surface area contributed by atoms with Gasteiger partial charge in [0.15, 0.2) is 0 Å². The average molecular weight is 242 g/mol. The molecular weight excluding hydrogens is 226 g/mol. The van der Waals surface area contributed by atoms with Gasteiger partial charge in [-0.1, -0.05) is 24.6 Å². The quantitative estimate of drug-likeness (QED) is 0.768. The van der Waals surface area contributed by atoms with Crippen molar-refractivity contribution in [3.8, 4) is 0 Å². The van der Waals surface area contributed by atoms with Crippen LogP contribution in [-0.2, 0) is 4.79 Å². The largest absolute Gasteiger partial charge is 0.390 e. The summed E-state index contributed by atoms with van der Waals surface area (Å²) in [6, 6.07) is 0. The molecule has 0 aromatic rings. The van der Waals surface area contributed by atoms with Gasteiger partial charge in [-0.05, 0) is 24.2 Å². The fourth-order valence-electron chi connectivity index (χ4n) is 2.71. The zero-order valence-corrected chi connectivity index (χ0v) is 9.70. The molecule has 0 aromatic carbocycles. The Morgan fingerprint density at radius 3 is 2.82 bits per heavy atom. The highest BCUT2D eigenvalue weighted by Gasteiger charge is 2.51. The fraction of sp³-hybridized carbons (Fsp3) is 0.615. The minimum atomic E-state index is -3.13. The Balaban J connectivity index is 2.28. The standard InChI is InChI=1S/C13H16F2O2/c1-8-9(4-5-16)2-3-12(11-6-10(8)11)13(14,15)7-17/h2-3,5,8,10-11,17H,4,6-7H2,1H3. The molecule has 1 fully saturated rings. The first kappa shape index (κ1) is 12.4. The lowest BCUT2D eigenvalue weighted by molar-refractivity contribution is -0.107. The second-order valence-corrected chi connectivity index (χ2v) is 4.89. The van der Waals surface area contributed by atoms with Crippen LogP contribution in [0.15, 0.2) is 23.3 Å². The molecule has 0 bridgehead atoms. The molecule has 2 aliphatic carbocycles. The maximum atomic E-state index is 13.5. The summed E-state index contributed by atoms with van der Waals surface area (Å²) < 4.78 is 27.0. The van der Waals surface area contributed by atoms with E-state index in [2.05, 4.69) is 0 Å². The van der Waals surface area contributed by atoms with Gasteiger partial charge in [-0.15, -0.1) is 0 Å². The monoisotopic (exact) mass is 242 g/mol. The number of hydrogen-bond donors (Lipinski definition) is 1. The van der Waals surface area contributed by atoms with E-state index in [1.165, 1.54) is 6.08 Å². The molecule has 0 amide bonds. The molecule has 4 heteroatoms. The molecule has 1 saturated carbocycles. The zero-order valence-electron chi connectivity index (χ0n) is 9.70. The number of carbonyl (C=O) groups excluding carboxylic acids is 1. The van der Waals surface area contributed by atoms with Crippen LogP contribution in [0.2, 0.25) is 0 Å². The van der Waals surface area contributed by atoms with Gasteiger partial charge in [-0.3, -0.25) is 0 Å². The number of aliphatic hydroxyl groups is 1. The molecular formula is C13H16F2O2. The van der Waals surface area contributed by atoms with Gasteiger partial charge in [0.05, 0.1) is 0 Å². The maximum absolute atomic E-state index is 13.5. The Morgan fingerprint density at radius 1 is 1.53 bits per heavy atom. The average Bonchev–Trinajstić information content (AvgIpc) is 3.06. The molecule has 0 radical (unpaired) electrons. The van der Waals surface area contributed by atoms with E-state index in [9.17, 15) is 13.6 Å². The maximum Gasteiger partial charge on any atom is 0.292 e. The molecule has 2 rings (SSSR count). The number of halogens is 2. The molecule has 0 aliphatic heterocycles. The summed E-state index contributed by atoms with van der Waals surface area (Å²) in [5, 5.41) is 8.74. The van der Waals surface area contributed by atoms with Crippen molar-refractivity contribution < 1.29 is 18.7 Å². The summed E-state index contributed by atoms with van der Waals surface area (Å²) in [5.41, 5.74) is 0.939. The third-order valence-electron chi connectivity index (χ3n) is 3.88. The van der Waals surface area contributed by atoms with Crippen LogP contribution in [0.3, 0.4) is 0 Å². The van der Waals surface area contributed by atoms with Crippen molar-refractivity contribution >= 4 is 6.29 Å². The van der Waals surface area contributed by atoms with Crippen LogP contribution < -0.4 is 0 Å². The number of hydrogen-bond acceptors (Lipinski definition) is 2. The molecule has 2 aliphatic rings. The summed E-state index contributed by atoms with van der Waals surface area (Å²) in [6.45, 7) is 0.834. The number of aldehydes is 1. The van der Waals surface area contributed by atoms with E-state index in [1.807, 2.05) is 6.92 Å². The van der Waals surface area contributed by atoms with Crippen molar-refractivity contribution in [1.29, 1.82) is 0 Å². The van der Waals surface area contributed by atoms with E-state index in [0.717, 1.165) is 18.3 Å². The van der Waals surface area contributed by atoms with Gasteiger partial charge < -0.3 is 9.90 Å². The number of rotatable bonds is 4. The van der Waals surface area contributed by atoms with Gasteiger partial charge in [0.2, 0.25) is 0 Å². The van der Waals surface area contributed by atoms with E-state index in [4.69, 9.17) is 5.11 Å². The molecule has 0 spiro atoms. The second kappa shape index (κ2) is 4.33. The van der Waals surface area contributed by atoms with E-state index in [1.54, 1.807) is 6.08 Å². The normalized spacial score (nSPS) is 32.1. The predicted molar refractivity (Wildman–Crippen MR) is 59.6 cm³/mol. The fourth-order valence-corrected chi connectivity index (χ4v) is 2.71. The summed E-state index contributed by atoms with van der Waals surface area (Å²) in [4.78, 5) is 10.5. The highest BCUT2D eigenvalue weighted by atomic mass is 19.3. The Kier molecular flexibility index (Phi) is 3.17. The van der Waals surface area contributed by atoms with Crippen molar-refractivity contribution in [3.63, 3.8) is 0 Å². The molecule has 17 heavy (non-hydrogen) atoms. The number of fused-ring (bicyclic) bond motifs is 1. The highest BCUT2D eigenvalue weighted by Crippen LogP contribution is 2.55. The summed E-state index contributed by atoms with van der Waals surface area (Å²) in [6.07, 6.45) is 4.88. The first-order valence-electron chi connectivity index (χ1n) is 5.84. The van der Waals surface area contributed by atoms with Crippen molar-refractivity contribution in [1.82, 2.24) is 0 Å². The predicted octanol–water partition coefficient (Wildman–Crippen LogP) is 2.34. The SMILES string of the molecule is CC1C(CC=O)=CC=C(C(F)(F)CO)C2CC12. The number of aliphatic hydroxyl groups excluding tert-OH is 1. The molecule has 2 nitrogen and oxygen atoms in total. The molecule has 1 N–H and O–H groups in total. The molecule has 3 unspecified atom stereocenters. The molecule has 0 saturated heterocycles. The third kappa shape index (κ3) is 2.18. The van der Waals surface area contributed by atoms with E-state index in [-0.39, 0.29) is 23.3 Å². The van der Waals surface area contributed by atoms with Crippen molar-refractivity contribution in [2.24, 2.45) is 17.8 Å². The minimum Gasteiger partial charge on any atom is -0.390 e. The second-order valence-electron chi connectivity index (χ2n) is 4.89. The first-order valence-corrected chi connectivity index (χ1v) is 5.84. The van der Waals surface area contributed by atoms with E-state index < -0.39 is 12.5 Å². The smallest absolute Gasteiger partial charge is 0.292 e. The van der Waals surface area contributed by atoms with Crippen LogP contribution in [0.25, 0.3) is 0 Å². The van der Waals surface area contributed by atoms with Crippen molar-refractivity contribution in [2.75, 3.05) is 6.61 Å².